The summed E-state index contributed by atoms with van der Waals surface area (Å²) in [7, 11) is 3.66. The molecule has 1 unspecified atom stereocenters. The van der Waals surface area contributed by atoms with Gasteiger partial charge in [-0.05, 0) is 20.4 Å². The van der Waals surface area contributed by atoms with Crippen molar-refractivity contribution >= 4 is 17.9 Å². The summed E-state index contributed by atoms with van der Waals surface area (Å²) in [5.74, 6) is 0. The van der Waals surface area contributed by atoms with Crippen molar-refractivity contribution in [2.24, 2.45) is 0 Å². The van der Waals surface area contributed by atoms with E-state index in [1.165, 1.54) is 11.4 Å². The predicted molar refractivity (Wildman–Crippen MR) is 40.7 cm³/mol. The third-order valence-electron chi connectivity index (χ3n) is 1.07. The van der Waals surface area contributed by atoms with Crippen LogP contribution in [0.3, 0.4) is 0 Å². The lowest BCUT2D eigenvalue weighted by Gasteiger charge is -2.16. The minimum absolute atomic E-state index is 1.42. The first-order chi connectivity index (χ1) is 3.50. The topological polar surface area (TPSA) is 20.3 Å². The molecule has 0 N–H and O–H groups in total. The molecular weight excluding hydrogens is 141 g/mol. The van der Waals surface area contributed by atoms with Gasteiger partial charge in [0.05, 0.1) is 0 Å². The van der Waals surface area contributed by atoms with Crippen LogP contribution in [0.5, 0.6) is 0 Å². The van der Waals surface area contributed by atoms with Gasteiger partial charge in [-0.25, -0.2) is 0 Å². The van der Waals surface area contributed by atoms with Gasteiger partial charge in [-0.15, -0.1) is 0 Å². The molecule has 4 heteroatoms. The maximum absolute atomic E-state index is 11.2. The molecule has 0 radical (unpaired) electrons. The third-order valence-corrected chi connectivity index (χ3v) is 6.21. The van der Waals surface area contributed by atoms with E-state index in [2.05, 4.69) is 0 Å². The summed E-state index contributed by atoms with van der Waals surface area (Å²) in [5, 5.41) is 0. The molecular formula is C4H12NOPS. The molecule has 0 aliphatic heterocycles. The molecule has 0 aromatic heterocycles. The maximum atomic E-state index is 11.2. The lowest BCUT2D eigenvalue weighted by Crippen LogP contribution is -2.03. The molecule has 0 aromatic rings. The fraction of sp³-hybridized carbons (Fsp3) is 1.00. The molecule has 0 aromatic carbocycles. The second-order valence-electron chi connectivity index (χ2n) is 1.83. The van der Waals surface area contributed by atoms with Gasteiger partial charge in [0.2, 0.25) is 0 Å². The molecule has 0 bridgehead atoms. The third kappa shape index (κ3) is 2.21. The van der Waals surface area contributed by atoms with Crippen molar-refractivity contribution in [2.45, 2.75) is 0 Å². The van der Waals surface area contributed by atoms with Gasteiger partial charge in [-0.1, -0.05) is 11.4 Å². The number of hydrogen-bond acceptors (Lipinski definition) is 2. The molecule has 0 rings (SSSR count). The highest BCUT2D eigenvalue weighted by Gasteiger charge is 2.14. The molecule has 0 spiro atoms. The molecule has 0 fully saturated rings. The zero-order chi connectivity index (χ0) is 6.78. The number of hydrogen-bond donors (Lipinski definition) is 0. The fourth-order valence-corrected chi connectivity index (χ4v) is 1.47. The minimum Gasteiger partial charge on any atom is -0.295 e. The molecule has 0 heterocycles. The van der Waals surface area contributed by atoms with Crippen molar-refractivity contribution in [3.05, 3.63) is 0 Å². The second-order valence-corrected chi connectivity index (χ2v) is 7.73. The van der Waals surface area contributed by atoms with Crippen molar-refractivity contribution in [3.63, 3.8) is 0 Å². The van der Waals surface area contributed by atoms with E-state index in [0.29, 0.717) is 0 Å². The summed E-state index contributed by atoms with van der Waals surface area (Å²) >= 11 is 1.42. The average Bonchev–Trinajstić information content (AvgIpc) is 1.67. The first-order valence-corrected chi connectivity index (χ1v) is 6.25. The first-order valence-electron chi connectivity index (χ1n) is 2.32. The zero-order valence-electron chi connectivity index (χ0n) is 5.71. The van der Waals surface area contributed by atoms with E-state index < -0.39 is 6.49 Å². The molecule has 0 aliphatic carbocycles. The van der Waals surface area contributed by atoms with E-state index in [0.717, 1.165) is 0 Å². The van der Waals surface area contributed by atoms with E-state index in [1.807, 2.05) is 20.4 Å². The Labute approximate surface area is 54.8 Å². The second kappa shape index (κ2) is 2.90. The van der Waals surface area contributed by atoms with Crippen LogP contribution in [-0.4, -0.2) is 31.7 Å². The summed E-state index contributed by atoms with van der Waals surface area (Å²) in [4.78, 5) is 0. The van der Waals surface area contributed by atoms with Gasteiger partial charge in [0.25, 0.3) is 0 Å². The van der Waals surface area contributed by atoms with E-state index in [9.17, 15) is 4.57 Å². The summed E-state index contributed by atoms with van der Waals surface area (Å²) in [6.07, 6.45) is 1.86. The standard InChI is InChI=1S/C4H12NOPS/c1-5(2)7(3,6)8-4/h1-4H3. The minimum atomic E-state index is -2.00. The molecule has 0 saturated heterocycles. The van der Waals surface area contributed by atoms with Crippen LogP contribution in [0.2, 0.25) is 0 Å². The molecule has 0 aliphatic rings. The van der Waals surface area contributed by atoms with Gasteiger partial charge in [-0.3, -0.25) is 9.24 Å². The van der Waals surface area contributed by atoms with Gasteiger partial charge in [0.1, 0.15) is 0 Å². The Balaban J connectivity index is 3.93. The van der Waals surface area contributed by atoms with Crippen LogP contribution in [0.1, 0.15) is 0 Å². The van der Waals surface area contributed by atoms with Crippen LogP contribution in [0.15, 0.2) is 0 Å². The van der Waals surface area contributed by atoms with Gasteiger partial charge >= 0.3 is 0 Å². The van der Waals surface area contributed by atoms with Crippen LogP contribution in [0.25, 0.3) is 0 Å². The van der Waals surface area contributed by atoms with Crippen LogP contribution in [-0.2, 0) is 4.57 Å². The summed E-state index contributed by atoms with van der Waals surface area (Å²) in [6.45, 7) is -0.234. The molecule has 0 amide bonds. The average molecular weight is 153 g/mol. The van der Waals surface area contributed by atoms with Crippen molar-refractivity contribution in [3.8, 4) is 0 Å². The zero-order valence-corrected chi connectivity index (χ0v) is 7.42. The van der Waals surface area contributed by atoms with Gasteiger partial charge in [-0.2, -0.15) is 0 Å². The van der Waals surface area contributed by atoms with E-state index in [1.54, 1.807) is 11.3 Å². The molecule has 50 valence electrons. The fourth-order valence-electron chi connectivity index (χ4n) is 0.163. The molecule has 2 nitrogen and oxygen atoms in total. The summed E-state index contributed by atoms with van der Waals surface area (Å²) < 4.78 is 12.9. The SMILES string of the molecule is CSP(C)(=O)N(C)C. The lowest BCUT2D eigenvalue weighted by molar-refractivity contribution is 0.535. The summed E-state index contributed by atoms with van der Waals surface area (Å²) in [5.41, 5.74) is 0. The Morgan fingerprint density at radius 1 is 1.50 bits per heavy atom. The maximum Gasteiger partial charge on any atom is 0.199 e. The summed E-state index contributed by atoms with van der Waals surface area (Å²) in [6, 6.07) is 0. The highest BCUT2D eigenvalue weighted by Crippen LogP contribution is 2.54. The predicted octanol–water partition coefficient (Wildman–Crippen LogP) is 1.73. The van der Waals surface area contributed by atoms with Crippen LogP contribution >= 0.6 is 17.9 Å². The highest BCUT2D eigenvalue weighted by atomic mass is 32.7. The van der Waals surface area contributed by atoms with Crippen LogP contribution in [0, 0.1) is 0 Å². The normalized spacial score (nSPS) is 18.6. The van der Waals surface area contributed by atoms with Crippen molar-refractivity contribution < 1.29 is 4.57 Å². The quantitative estimate of drug-likeness (QED) is 0.563. The molecule has 0 saturated carbocycles. The van der Waals surface area contributed by atoms with Crippen molar-refractivity contribution in [2.75, 3.05) is 27.0 Å². The lowest BCUT2D eigenvalue weighted by atomic mass is 11.3. The Morgan fingerprint density at radius 2 is 1.88 bits per heavy atom. The van der Waals surface area contributed by atoms with Gasteiger partial charge in [0.15, 0.2) is 6.49 Å². The van der Waals surface area contributed by atoms with Crippen molar-refractivity contribution in [1.82, 2.24) is 4.67 Å². The molecule has 1 atom stereocenters. The van der Waals surface area contributed by atoms with E-state index in [-0.39, 0.29) is 0 Å². The van der Waals surface area contributed by atoms with E-state index >= 15 is 0 Å². The Morgan fingerprint density at radius 3 is 1.88 bits per heavy atom. The Kier molecular flexibility index (Phi) is 3.10. The highest BCUT2D eigenvalue weighted by molar-refractivity contribution is 8.56. The Hall–Kier alpha value is 0.540. The van der Waals surface area contributed by atoms with E-state index in [4.69, 9.17) is 0 Å². The monoisotopic (exact) mass is 153 g/mol. The van der Waals surface area contributed by atoms with Crippen LogP contribution in [0.4, 0.5) is 0 Å². The smallest absolute Gasteiger partial charge is 0.199 e. The largest absolute Gasteiger partial charge is 0.295 e. The van der Waals surface area contributed by atoms with Gasteiger partial charge in [0, 0.05) is 6.66 Å². The van der Waals surface area contributed by atoms with Gasteiger partial charge < -0.3 is 0 Å². The van der Waals surface area contributed by atoms with Crippen LogP contribution < -0.4 is 0 Å². The number of rotatable bonds is 2. The van der Waals surface area contributed by atoms with Crippen molar-refractivity contribution in [1.29, 1.82) is 0 Å². The first kappa shape index (κ1) is 8.54. The molecule has 8 heavy (non-hydrogen) atoms. The Bertz CT molecular complexity index is 115. The number of nitrogens with zero attached hydrogens (tertiary/aromatic N) is 1.